The zero-order chi connectivity index (χ0) is 15.5. The second-order valence-corrected chi connectivity index (χ2v) is 7.05. The van der Waals surface area contributed by atoms with Gasteiger partial charge in [-0.1, -0.05) is 63.6 Å². The summed E-state index contributed by atoms with van der Waals surface area (Å²) in [6, 6.07) is 14.6. The van der Waals surface area contributed by atoms with E-state index >= 15 is 0 Å². The summed E-state index contributed by atoms with van der Waals surface area (Å²) in [4.78, 5) is 4.56. The molecule has 1 heterocycles. The molecule has 1 N–H and O–H groups in total. The van der Waals surface area contributed by atoms with Gasteiger partial charge in [-0.05, 0) is 37.1 Å². The van der Waals surface area contributed by atoms with Crippen molar-refractivity contribution in [3.63, 3.8) is 0 Å². The summed E-state index contributed by atoms with van der Waals surface area (Å²) in [5, 5.41) is 8.08. The summed E-state index contributed by atoms with van der Waals surface area (Å²) in [5.74, 6) is 1.68. The number of nitrogens with zero attached hydrogens (tertiary/aromatic N) is 2. The minimum atomic E-state index is 0.777. The van der Waals surface area contributed by atoms with Crippen LogP contribution in [0.4, 0.5) is 0 Å². The van der Waals surface area contributed by atoms with Crippen LogP contribution >= 0.6 is 27.7 Å². The maximum absolute atomic E-state index is 4.56. The Morgan fingerprint density at radius 3 is 2.64 bits per heavy atom. The lowest BCUT2D eigenvalue weighted by molar-refractivity contribution is 0.973. The molecule has 0 spiro atoms. The van der Waals surface area contributed by atoms with E-state index in [-0.39, 0.29) is 0 Å². The molecule has 3 rings (SSSR count). The van der Waals surface area contributed by atoms with Crippen LogP contribution in [-0.4, -0.2) is 15.2 Å². The highest BCUT2D eigenvalue weighted by atomic mass is 79.9. The number of hydrogen-bond acceptors (Lipinski definition) is 3. The number of aryl methyl sites for hydroxylation is 2. The molecule has 22 heavy (non-hydrogen) atoms. The van der Waals surface area contributed by atoms with Crippen LogP contribution in [0.2, 0.25) is 0 Å². The van der Waals surface area contributed by atoms with Crippen molar-refractivity contribution in [2.45, 2.75) is 24.8 Å². The van der Waals surface area contributed by atoms with Gasteiger partial charge in [0, 0.05) is 15.8 Å². The van der Waals surface area contributed by atoms with Crippen LogP contribution in [0.25, 0.3) is 11.4 Å². The summed E-state index contributed by atoms with van der Waals surface area (Å²) in [6.45, 7) is 4.26. The first kappa shape index (κ1) is 15.3. The molecule has 0 fully saturated rings. The maximum Gasteiger partial charge on any atom is 0.209 e. The van der Waals surface area contributed by atoms with E-state index in [1.807, 2.05) is 24.3 Å². The zero-order valence-electron chi connectivity index (χ0n) is 12.4. The van der Waals surface area contributed by atoms with Crippen LogP contribution < -0.4 is 0 Å². The lowest BCUT2D eigenvalue weighted by Gasteiger charge is -2.05. The quantitative estimate of drug-likeness (QED) is 0.643. The van der Waals surface area contributed by atoms with Gasteiger partial charge in [0.2, 0.25) is 5.16 Å². The van der Waals surface area contributed by atoms with E-state index in [1.54, 1.807) is 11.8 Å². The highest BCUT2D eigenvalue weighted by Gasteiger charge is 2.07. The minimum Gasteiger partial charge on any atom is -0.258 e. The van der Waals surface area contributed by atoms with Gasteiger partial charge in [0.1, 0.15) is 0 Å². The second-order valence-electron chi connectivity index (χ2n) is 5.19. The Balaban J connectivity index is 1.72. The Labute approximate surface area is 142 Å². The molecular weight excluding hydrogens is 358 g/mol. The highest BCUT2D eigenvalue weighted by molar-refractivity contribution is 9.10. The van der Waals surface area contributed by atoms with Crippen molar-refractivity contribution in [2.24, 2.45) is 0 Å². The third-order valence-corrected chi connectivity index (χ3v) is 4.87. The largest absolute Gasteiger partial charge is 0.258 e. The van der Waals surface area contributed by atoms with Crippen LogP contribution in [0.3, 0.4) is 0 Å². The van der Waals surface area contributed by atoms with Gasteiger partial charge >= 0.3 is 0 Å². The molecule has 0 amide bonds. The summed E-state index contributed by atoms with van der Waals surface area (Å²) >= 11 is 5.09. The summed E-state index contributed by atoms with van der Waals surface area (Å²) in [6.07, 6.45) is 0. The molecule has 0 saturated heterocycles. The van der Waals surface area contributed by atoms with Gasteiger partial charge in [0.05, 0.1) is 0 Å². The van der Waals surface area contributed by atoms with Crippen molar-refractivity contribution in [3.05, 3.63) is 63.6 Å². The van der Waals surface area contributed by atoms with E-state index in [0.29, 0.717) is 0 Å². The molecule has 5 heteroatoms. The first-order valence-electron chi connectivity index (χ1n) is 6.99. The fraction of sp³-hybridized carbons (Fsp3) is 0.176. The first-order chi connectivity index (χ1) is 10.6. The van der Waals surface area contributed by atoms with Gasteiger partial charge in [0.15, 0.2) is 5.82 Å². The Morgan fingerprint density at radius 1 is 1.09 bits per heavy atom. The molecule has 0 aliphatic heterocycles. The SMILES string of the molecule is Cc1ccc(C)c(CSc2n[nH]c(-c3ccc(Br)cc3)n2)c1. The first-order valence-corrected chi connectivity index (χ1v) is 8.77. The van der Waals surface area contributed by atoms with Crippen LogP contribution in [-0.2, 0) is 5.75 Å². The third-order valence-electron chi connectivity index (χ3n) is 3.44. The molecule has 1 aromatic heterocycles. The average Bonchev–Trinajstić information content (AvgIpc) is 2.98. The maximum atomic E-state index is 4.56. The van der Waals surface area contributed by atoms with E-state index in [9.17, 15) is 0 Å². The molecule has 0 radical (unpaired) electrons. The Morgan fingerprint density at radius 2 is 1.86 bits per heavy atom. The molecule has 3 aromatic rings. The third kappa shape index (κ3) is 3.59. The van der Waals surface area contributed by atoms with Gasteiger partial charge in [0.25, 0.3) is 0 Å². The number of thioether (sulfide) groups is 1. The highest BCUT2D eigenvalue weighted by Crippen LogP contribution is 2.25. The lowest BCUT2D eigenvalue weighted by Crippen LogP contribution is -1.88. The molecule has 3 nitrogen and oxygen atoms in total. The fourth-order valence-corrected chi connectivity index (χ4v) is 3.27. The van der Waals surface area contributed by atoms with Crippen molar-refractivity contribution in [1.82, 2.24) is 15.2 Å². The normalized spacial score (nSPS) is 10.9. The predicted octanol–water partition coefficient (Wildman–Crippen LogP) is 5.14. The Bertz CT molecular complexity index is 781. The number of rotatable bonds is 4. The van der Waals surface area contributed by atoms with Gasteiger partial charge in [-0.2, -0.15) is 0 Å². The number of nitrogens with one attached hydrogen (secondary N) is 1. The van der Waals surface area contributed by atoms with E-state index in [4.69, 9.17) is 0 Å². The molecule has 0 bridgehead atoms. The van der Waals surface area contributed by atoms with E-state index in [1.165, 1.54) is 16.7 Å². The smallest absolute Gasteiger partial charge is 0.209 e. The molecular formula is C17H16BrN3S. The number of hydrogen-bond donors (Lipinski definition) is 1. The number of aromatic amines is 1. The Hall–Kier alpha value is -1.59. The monoisotopic (exact) mass is 373 g/mol. The van der Waals surface area contributed by atoms with Gasteiger partial charge < -0.3 is 0 Å². The number of benzene rings is 2. The van der Waals surface area contributed by atoms with Crippen molar-refractivity contribution in [3.8, 4) is 11.4 Å². The van der Waals surface area contributed by atoms with Crippen LogP contribution in [0.1, 0.15) is 16.7 Å². The molecule has 0 atom stereocenters. The fourth-order valence-electron chi connectivity index (χ4n) is 2.15. The average molecular weight is 374 g/mol. The molecule has 0 unspecified atom stereocenters. The zero-order valence-corrected chi connectivity index (χ0v) is 14.8. The van der Waals surface area contributed by atoms with Crippen LogP contribution in [0.15, 0.2) is 52.1 Å². The van der Waals surface area contributed by atoms with Crippen LogP contribution in [0.5, 0.6) is 0 Å². The molecule has 0 aliphatic carbocycles. The van der Waals surface area contributed by atoms with E-state index in [2.05, 4.69) is 63.2 Å². The lowest BCUT2D eigenvalue weighted by atomic mass is 10.1. The van der Waals surface area contributed by atoms with Gasteiger partial charge in [-0.15, -0.1) is 5.10 Å². The van der Waals surface area contributed by atoms with E-state index < -0.39 is 0 Å². The summed E-state index contributed by atoms with van der Waals surface area (Å²) in [5.41, 5.74) is 4.96. The standard InChI is InChI=1S/C17H16BrN3S/c1-11-3-4-12(2)14(9-11)10-22-17-19-16(20-21-17)13-5-7-15(18)8-6-13/h3-9H,10H2,1-2H3,(H,19,20,21). The van der Waals surface area contributed by atoms with Crippen molar-refractivity contribution >= 4 is 27.7 Å². The number of halogens is 1. The van der Waals surface area contributed by atoms with Gasteiger partial charge in [-0.3, -0.25) is 5.10 Å². The van der Waals surface area contributed by atoms with Crippen molar-refractivity contribution < 1.29 is 0 Å². The predicted molar refractivity (Wildman–Crippen MR) is 95.0 cm³/mol. The minimum absolute atomic E-state index is 0.777. The number of aromatic nitrogens is 3. The van der Waals surface area contributed by atoms with Crippen molar-refractivity contribution in [2.75, 3.05) is 0 Å². The molecule has 2 aromatic carbocycles. The second kappa shape index (κ2) is 6.67. The number of H-pyrrole nitrogens is 1. The molecule has 0 saturated carbocycles. The molecule has 112 valence electrons. The summed E-state index contributed by atoms with van der Waals surface area (Å²) < 4.78 is 1.06. The topological polar surface area (TPSA) is 41.6 Å². The molecule has 0 aliphatic rings. The Kier molecular flexibility index (Phi) is 4.64. The van der Waals surface area contributed by atoms with Crippen LogP contribution in [0, 0.1) is 13.8 Å². The van der Waals surface area contributed by atoms with Gasteiger partial charge in [-0.25, -0.2) is 4.98 Å². The van der Waals surface area contributed by atoms with E-state index in [0.717, 1.165) is 26.8 Å². The summed E-state index contributed by atoms with van der Waals surface area (Å²) in [7, 11) is 0. The van der Waals surface area contributed by atoms with Crippen molar-refractivity contribution in [1.29, 1.82) is 0 Å².